The Labute approximate surface area is 113 Å². The number of ether oxygens (including phenoxy) is 2. The highest BCUT2D eigenvalue weighted by atomic mass is 32.2. The number of nitrogens with one attached hydrogen (secondary N) is 1. The fraction of sp³-hybridized carbons (Fsp3) is 0.538. The highest BCUT2D eigenvalue weighted by molar-refractivity contribution is 7.91. The highest BCUT2D eigenvalue weighted by Crippen LogP contribution is 2.30. The summed E-state index contributed by atoms with van der Waals surface area (Å²) in [5.41, 5.74) is 0.964. The molecule has 0 radical (unpaired) electrons. The first kappa shape index (κ1) is 14.1. The topological polar surface area (TPSA) is 64.6 Å². The van der Waals surface area contributed by atoms with E-state index in [1.54, 1.807) is 14.2 Å². The van der Waals surface area contributed by atoms with Crippen molar-refractivity contribution >= 4 is 9.84 Å². The Balaban J connectivity index is 2.04. The number of sulfone groups is 1. The zero-order chi connectivity index (χ0) is 13.9. The monoisotopic (exact) mass is 285 g/mol. The molecule has 1 N–H and O–H groups in total. The molecule has 19 heavy (non-hydrogen) atoms. The van der Waals surface area contributed by atoms with Crippen LogP contribution in [0.1, 0.15) is 12.0 Å². The van der Waals surface area contributed by atoms with Gasteiger partial charge >= 0.3 is 0 Å². The average Bonchev–Trinajstić information content (AvgIpc) is 2.75. The number of methoxy groups -OCH3 is 2. The van der Waals surface area contributed by atoms with Crippen molar-refractivity contribution in [1.82, 2.24) is 5.32 Å². The van der Waals surface area contributed by atoms with Crippen LogP contribution in [0.5, 0.6) is 11.5 Å². The number of para-hydroxylation sites is 1. The molecule has 0 amide bonds. The van der Waals surface area contributed by atoms with Crippen LogP contribution in [0, 0.1) is 0 Å². The summed E-state index contributed by atoms with van der Waals surface area (Å²) in [7, 11) is 0.348. The van der Waals surface area contributed by atoms with Crippen molar-refractivity contribution in [3.63, 3.8) is 0 Å². The summed E-state index contributed by atoms with van der Waals surface area (Å²) in [6.45, 7) is 0.570. The minimum Gasteiger partial charge on any atom is -0.493 e. The molecule has 1 aliphatic rings. The van der Waals surface area contributed by atoms with E-state index in [2.05, 4.69) is 5.32 Å². The second-order valence-corrected chi connectivity index (χ2v) is 6.86. The zero-order valence-corrected chi connectivity index (χ0v) is 12.0. The van der Waals surface area contributed by atoms with Gasteiger partial charge in [0.15, 0.2) is 21.3 Å². The van der Waals surface area contributed by atoms with Gasteiger partial charge in [-0.15, -0.1) is 0 Å². The van der Waals surface area contributed by atoms with Crippen LogP contribution in [0.4, 0.5) is 0 Å². The molecule has 1 saturated heterocycles. The zero-order valence-electron chi connectivity index (χ0n) is 11.2. The third kappa shape index (κ3) is 3.39. The van der Waals surface area contributed by atoms with Crippen LogP contribution in [-0.2, 0) is 16.4 Å². The first-order valence-electron chi connectivity index (χ1n) is 6.19. The van der Waals surface area contributed by atoms with Crippen molar-refractivity contribution in [2.45, 2.75) is 19.0 Å². The van der Waals surface area contributed by atoms with Gasteiger partial charge in [0.1, 0.15) is 0 Å². The van der Waals surface area contributed by atoms with Crippen LogP contribution in [0.2, 0.25) is 0 Å². The highest BCUT2D eigenvalue weighted by Gasteiger charge is 2.27. The fourth-order valence-electron chi connectivity index (χ4n) is 2.30. The molecule has 2 rings (SSSR count). The number of hydrogen-bond acceptors (Lipinski definition) is 5. The molecule has 0 aromatic heterocycles. The molecule has 6 heteroatoms. The molecule has 5 nitrogen and oxygen atoms in total. The SMILES string of the molecule is COc1cccc(CNC2CCS(=O)(=O)C2)c1OC. The molecule has 0 bridgehead atoms. The maximum atomic E-state index is 11.4. The fourth-order valence-corrected chi connectivity index (χ4v) is 4.01. The maximum Gasteiger partial charge on any atom is 0.165 e. The van der Waals surface area contributed by atoms with Gasteiger partial charge in [-0.05, 0) is 12.5 Å². The van der Waals surface area contributed by atoms with E-state index >= 15 is 0 Å². The molecule has 1 aromatic rings. The molecular formula is C13H19NO4S. The molecule has 0 aliphatic carbocycles. The largest absolute Gasteiger partial charge is 0.493 e. The second-order valence-electron chi connectivity index (χ2n) is 4.63. The van der Waals surface area contributed by atoms with Crippen molar-refractivity contribution < 1.29 is 17.9 Å². The lowest BCUT2D eigenvalue weighted by Crippen LogP contribution is -2.29. The van der Waals surface area contributed by atoms with Gasteiger partial charge in [-0.3, -0.25) is 0 Å². The van der Waals surface area contributed by atoms with Crippen LogP contribution in [-0.4, -0.2) is 40.2 Å². The Morgan fingerprint density at radius 2 is 2.11 bits per heavy atom. The molecule has 1 aromatic carbocycles. The van der Waals surface area contributed by atoms with Crippen molar-refractivity contribution in [3.05, 3.63) is 23.8 Å². The van der Waals surface area contributed by atoms with Crippen molar-refractivity contribution in [1.29, 1.82) is 0 Å². The Hall–Kier alpha value is -1.27. The van der Waals surface area contributed by atoms with Gasteiger partial charge in [-0.1, -0.05) is 12.1 Å². The van der Waals surface area contributed by atoms with Gasteiger partial charge in [0.25, 0.3) is 0 Å². The third-order valence-corrected chi connectivity index (χ3v) is 5.07. The standard InChI is InChI=1S/C13H19NO4S/c1-17-12-5-3-4-10(13(12)18-2)8-14-11-6-7-19(15,16)9-11/h3-5,11,14H,6-9H2,1-2H3. The van der Waals surface area contributed by atoms with E-state index in [0.717, 1.165) is 5.56 Å². The Kier molecular flexibility index (Phi) is 4.31. The molecule has 1 atom stereocenters. The number of benzene rings is 1. The summed E-state index contributed by atoms with van der Waals surface area (Å²) in [6, 6.07) is 5.70. The van der Waals surface area contributed by atoms with E-state index < -0.39 is 9.84 Å². The first-order valence-corrected chi connectivity index (χ1v) is 8.01. The van der Waals surface area contributed by atoms with E-state index in [4.69, 9.17) is 9.47 Å². The van der Waals surface area contributed by atoms with E-state index in [0.29, 0.717) is 24.5 Å². The van der Waals surface area contributed by atoms with Crippen LogP contribution < -0.4 is 14.8 Å². The van der Waals surface area contributed by atoms with Crippen molar-refractivity contribution in [3.8, 4) is 11.5 Å². The average molecular weight is 285 g/mol. The predicted molar refractivity (Wildman–Crippen MR) is 73.4 cm³/mol. The van der Waals surface area contributed by atoms with Gasteiger partial charge in [-0.2, -0.15) is 0 Å². The van der Waals surface area contributed by atoms with E-state index in [9.17, 15) is 8.42 Å². The summed E-state index contributed by atoms with van der Waals surface area (Å²) < 4.78 is 33.4. The lowest BCUT2D eigenvalue weighted by Gasteiger charge is -2.15. The van der Waals surface area contributed by atoms with Crippen LogP contribution in [0.3, 0.4) is 0 Å². The van der Waals surface area contributed by atoms with Crippen LogP contribution in [0.25, 0.3) is 0 Å². The van der Waals surface area contributed by atoms with Crippen molar-refractivity contribution in [2.24, 2.45) is 0 Å². The summed E-state index contributed by atoms with van der Waals surface area (Å²) in [4.78, 5) is 0. The lowest BCUT2D eigenvalue weighted by atomic mass is 10.1. The Morgan fingerprint density at radius 3 is 2.68 bits per heavy atom. The van der Waals surface area contributed by atoms with E-state index in [1.807, 2.05) is 18.2 Å². The molecule has 1 heterocycles. The van der Waals surface area contributed by atoms with Crippen LogP contribution in [0.15, 0.2) is 18.2 Å². The predicted octanol–water partition coefficient (Wildman–Crippen LogP) is 0.981. The van der Waals surface area contributed by atoms with Gasteiger partial charge in [-0.25, -0.2) is 8.42 Å². The summed E-state index contributed by atoms with van der Waals surface area (Å²) in [5, 5.41) is 3.26. The molecule has 106 valence electrons. The van der Waals surface area contributed by atoms with Gasteiger partial charge in [0.05, 0.1) is 25.7 Å². The molecule has 1 unspecified atom stereocenters. The molecular weight excluding hydrogens is 266 g/mol. The summed E-state index contributed by atoms with van der Waals surface area (Å²) >= 11 is 0. The second kappa shape index (κ2) is 5.79. The number of hydrogen-bond donors (Lipinski definition) is 1. The maximum absolute atomic E-state index is 11.4. The van der Waals surface area contributed by atoms with Crippen molar-refractivity contribution in [2.75, 3.05) is 25.7 Å². The first-order chi connectivity index (χ1) is 9.05. The minimum absolute atomic E-state index is 0.0286. The summed E-state index contributed by atoms with van der Waals surface area (Å²) in [6.07, 6.45) is 0.675. The Bertz CT molecular complexity index is 542. The minimum atomic E-state index is -2.85. The third-order valence-electron chi connectivity index (χ3n) is 3.30. The molecule has 0 saturated carbocycles. The Morgan fingerprint density at radius 1 is 1.32 bits per heavy atom. The lowest BCUT2D eigenvalue weighted by molar-refractivity contribution is 0.350. The number of rotatable bonds is 5. The van der Waals surface area contributed by atoms with E-state index in [1.165, 1.54) is 0 Å². The quantitative estimate of drug-likeness (QED) is 0.873. The summed E-state index contributed by atoms with van der Waals surface area (Å²) in [5.74, 6) is 1.87. The normalized spacial score (nSPS) is 21.3. The van der Waals surface area contributed by atoms with Crippen LogP contribution >= 0.6 is 0 Å². The van der Waals surface area contributed by atoms with E-state index in [-0.39, 0.29) is 17.5 Å². The molecule has 0 spiro atoms. The van der Waals surface area contributed by atoms with Gasteiger partial charge in [0, 0.05) is 18.2 Å². The molecule has 1 fully saturated rings. The van der Waals surface area contributed by atoms with Gasteiger partial charge in [0.2, 0.25) is 0 Å². The molecule has 1 aliphatic heterocycles. The van der Waals surface area contributed by atoms with Gasteiger partial charge < -0.3 is 14.8 Å². The smallest absolute Gasteiger partial charge is 0.165 e.